The highest BCUT2D eigenvalue weighted by molar-refractivity contribution is 7.89. The van der Waals surface area contributed by atoms with Crippen LogP contribution in [0.4, 0.5) is 0 Å². The molecule has 104 valence electrons. The van der Waals surface area contributed by atoms with E-state index in [4.69, 9.17) is 10.2 Å². The van der Waals surface area contributed by atoms with E-state index in [2.05, 4.69) is 4.72 Å². The molecule has 1 aromatic heterocycles. The Morgan fingerprint density at radius 3 is 2.39 bits per heavy atom. The lowest BCUT2D eigenvalue weighted by molar-refractivity contribution is 0.317. The van der Waals surface area contributed by atoms with Gasteiger partial charge in [0.1, 0.15) is 16.4 Å². The van der Waals surface area contributed by atoms with Gasteiger partial charge in [-0.3, -0.25) is 0 Å². The van der Waals surface area contributed by atoms with Gasteiger partial charge in [-0.2, -0.15) is 0 Å². The first-order valence-corrected chi connectivity index (χ1v) is 7.38. The van der Waals surface area contributed by atoms with Crippen LogP contribution in [0.25, 0.3) is 0 Å². The van der Waals surface area contributed by atoms with E-state index < -0.39 is 10.0 Å². The first kappa shape index (κ1) is 15.2. The van der Waals surface area contributed by atoms with Crippen LogP contribution in [0.5, 0.6) is 0 Å². The maximum Gasteiger partial charge on any atom is 0.244 e. The lowest BCUT2D eigenvalue weighted by Gasteiger charge is -2.27. The number of furan rings is 1. The monoisotopic (exact) mass is 274 g/mol. The number of sulfonamides is 1. The number of rotatable bonds is 4. The molecule has 0 saturated heterocycles. The van der Waals surface area contributed by atoms with Gasteiger partial charge < -0.3 is 10.2 Å². The molecule has 0 amide bonds. The van der Waals surface area contributed by atoms with Crippen molar-refractivity contribution in [3.63, 3.8) is 0 Å². The van der Waals surface area contributed by atoms with Crippen molar-refractivity contribution in [1.82, 2.24) is 4.72 Å². The highest BCUT2D eigenvalue weighted by Gasteiger charge is 2.28. The molecule has 6 heteroatoms. The molecule has 0 bridgehead atoms. The minimum absolute atomic E-state index is 0.151. The molecule has 0 fully saturated rings. The first-order valence-electron chi connectivity index (χ1n) is 5.89. The Labute approximate surface area is 109 Å². The number of hydrogen-bond donors (Lipinski definition) is 2. The van der Waals surface area contributed by atoms with Gasteiger partial charge in [0.25, 0.3) is 0 Å². The van der Waals surface area contributed by atoms with Gasteiger partial charge in [0.05, 0.1) is 6.54 Å². The van der Waals surface area contributed by atoms with Gasteiger partial charge in [-0.15, -0.1) is 0 Å². The van der Waals surface area contributed by atoms with Crippen molar-refractivity contribution in [2.75, 3.05) is 0 Å². The molecule has 0 radical (unpaired) electrons. The smallest absolute Gasteiger partial charge is 0.244 e. The highest BCUT2D eigenvalue weighted by Crippen LogP contribution is 2.24. The first-order chi connectivity index (χ1) is 8.08. The van der Waals surface area contributed by atoms with Gasteiger partial charge >= 0.3 is 0 Å². The van der Waals surface area contributed by atoms with Crippen LogP contribution in [0.15, 0.2) is 15.4 Å². The molecule has 0 aliphatic heterocycles. The molecule has 1 aromatic rings. The molecule has 0 aromatic carbocycles. The van der Waals surface area contributed by atoms with Crippen molar-refractivity contribution >= 4 is 10.0 Å². The fraction of sp³-hybridized carbons (Fsp3) is 0.667. The van der Waals surface area contributed by atoms with Crippen LogP contribution in [-0.4, -0.2) is 14.5 Å². The highest BCUT2D eigenvalue weighted by atomic mass is 32.2. The Morgan fingerprint density at radius 2 is 2.00 bits per heavy atom. The Bertz CT molecular complexity index is 512. The van der Waals surface area contributed by atoms with Crippen LogP contribution in [-0.2, 0) is 16.6 Å². The Hall–Kier alpha value is -0.850. The van der Waals surface area contributed by atoms with E-state index in [0.717, 1.165) is 0 Å². The molecular formula is C12H22N2O3S. The van der Waals surface area contributed by atoms with Crippen LogP contribution < -0.4 is 10.5 Å². The number of nitrogens with two attached hydrogens (primary N) is 1. The van der Waals surface area contributed by atoms with E-state index in [-0.39, 0.29) is 22.9 Å². The zero-order valence-corrected chi connectivity index (χ0v) is 12.4. The van der Waals surface area contributed by atoms with Crippen LogP contribution in [0, 0.1) is 12.3 Å². The van der Waals surface area contributed by atoms with E-state index in [0.29, 0.717) is 11.5 Å². The van der Waals surface area contributed by atoms with E-state index in [1.165, 1.54) is 6.07 Å². The summed E-state index contributed by atoms with van der Waals surface area (Å²) in [6.45, 7) is 9.59. The second-order valence-electron chi connectivity index (χ2n) is 5.55. The van der Waals surface area contributed by atoms with Gasteiger partial charge in [-0.05, 0) is 19.3 Å². The third-order valence-electron chi connectivity index (χ3n) is 3.04. The van der Waals surface area contributed by atoms with E-state index in [1.54, 1.807) is 6.92 Å². The topological polar surface area (TPSA) is 85.3 Å². The summed E-state index contributed by atoms with van der Waals surface area (Å²) in [5, 5.41) is 0. The van der Waals surface area contributed by atoms with Crippen molar-refractivity contribution in [2.45, 2.75) is 52.1 Å². The summed E-state index contributed by atoms with van der Waals surface area (Å²) in [7, 11) is -3.56. The molecule has 0 saturated carbocycles. The Morgan fingerprint density at radius 1 is 1.44 bits per heavy atom. The zero-order chi connectivity index (χ0) is 14.1. The molecule has 0 spiro atoms. The summed E-state index contributed by atoms with van der Waals surface area (Å²) in [6.07, 6.45) is 0. The molecule has 1 heterocycles. The van der Waals surface area contributed by atoms with Gasteiger partial charge in [0.15, 0.2) is 0 Å². The third kappa shape index (κ3) is 3.34. The second kappa shape index (κ2) is 5.03. The van der Waals surface area contributed by atoms with Crippen molar-refractivity contribution < 1.29 is 12.8 Å². The van der Waals surface area contributed by atoms with Crippen LogP contribution >= 0.6 is 0 Å². The van der Waals surface area contributed by atoms with E-state index >= 15 is 0 Å². The van der Waals surface area contributed by atoms with Gasteiger partial charge in [0.2, 0.25) is 10.0 Å². The van der Waals surface area contributed by atoms with Crippen LogP contribution in [0.2, 0.25) is 0 Å². The van der Waals surface area contributed by atoms with Crippen molar-refractivity contribution in [1.29, 1.82) is 0 Å². The van der Waals surface area contributed by atoms with Gasteiger partial charge in [-0.25, -0.2) is 13.1 Å². The summed E-state index contributed by atoms with van der Waals surface area (Å²) in [6, 6.07) is 1.30. The normalized spacial score (nSPS) is 14.8. The van der Waals surface area contributed by atoms with E-state index in [9.17, 15) is 8.42 Å². The zero-order valence-electron chi connectivity index (χ0n) is 11.6. The van der Waals surface area contributed by atoms with Gasteiger partial charge in [-0.1, -0.05) is 20.8 Å². The molecule has 1 atom stereocenters. The SMILES string of the molecule is Cc1oc(CN)cc1S(=O)(=O)NC(C)C(C)(C)C. The molecule has 18 heavy (non-hydrogen) atoms. The molecule has 1 rings (SSSR count). The number of hydrogen-bond acceptors (Lipinski definition) is 4. The molecular weight excluding hydrogens is 252 g/mol. The maximum absolute atomic E-state index is 12.2. The summed E-state index contributed by atoms with van der Waals surface area (Å²) < 4.78 is 32.4. The lowest BCUT2D eigenvalue weighted by Crippen LogP contribution is -2.41. The number of aryl methyl sites for hydroxylation is 1. The predicted octanol–water partition coefficient (Wildman–Crippen LogP) is 1.76. The average molecular weight is 274 g/mol. The number of nitrogens with one attached hydrogen (secondary N) is 1. The van der Waals surface area contributed by atoms with Crippen molar-refractivity contribution in [2.24, 2.45) is 11.1 Å². The Kier molecular flexibility index (Phi) is 4.25. The molecule has 3 N–H and O–H groups in total. The summed E-state index contributed by atoms with van der Waals surface area (Å²) in [5.41, 5.74) is 5.29. The molecule has 0 aliphatic carbocycles. The standard InChI is InChI=1S/C12H22N2O3S/c1-8-11(6-10(7-13)17-8)18(15,16)14-9(2)12(3,4)5/h6,9,14H,7,13H2,1-5H3. The summed E-state index contributed by atoms with van der Waals surface area (Å²) in [5.74, 6) is 0.834. The van der Waals surface area contributed by atoms with Crippen LogP contribution in [0.3, 0.4) is 0 Å². The predicted molar refractivity (Wildman–Crippen MR) is 70.6 cm³/mol. The lowest BCUT2D eigenvalue weighted by atomic mass is 9.89. The third-order valence-corrected chi connectivity index (χ3v) is 4.69. The molecule has 1 unspecified atom stereocenters. The van der Waals surface area contributed by atoms with Crippen LogP contribution in [0.1, 0.15) is 39.2 Å². The fourth-order valence-corrected chi connectivity index (χ4v) is 3.02. The minimum Gasteiger partial charge on any atom is -0.464 e. The van der Waals surface area contributed by atoms with E-state index in [1.807, 2.05) is 27.7 Å². The average Bonchev–Trinajstić information content (AvgIpc) is 2.58. The van der Waals surface area contributed by atoms with Gasteiger partial charge in [0, 0.05) is 12.1 Å². The van der Waals surface area contributed by atoms with Crippen molar-refractivity contribution in [3.05, 3.63) is 17.6 Å². The Balaban J connectivity index is 3.03. The summed E-state index contributed by atoms with van der Waals surface area (Å²) in [4.78, 5) is 0.166. The second-order valence-corrected chi connectivity index (χ2v) is 7.23. The molecule has 5 nitrogen and oxygen atoms in total. The molecule has 0 aliphatic rings. The van der Waals surface area contributed by atoms with Crippen molar-refractivity contribution in [3.8, 4) is 0 Å². The fourth-order valence-electron chi connectivity index (χ4n) is 1.36. The largest absolute Gasteiger partial charge is 0.464 e. The maximum atomic E-state index is 12.2. The quantitative estimate of drug-likeness (QED) is 0.876. The minimum atomic E-state index is -3.56. The summed E-state index contributed by atoms with van der Waals surface area (Å²) >= 11 is 0.